The average molecular weight is 255 g/mol. The minimum Gasteiger partial charge on any atom is -0.381 e. The number of likely N-dealkylation sites (N-methyl/N-ethyl adjacent to an activating group) is 1. The van der Waals surface area contributed by atoms with Crippen molar-refractivity contribution < 1.29 is 9.53 Å². The topological polar surface area (TPSA) is 44.8 Å². The number of hydrogen-bond donors (Lipinski definition) is 1. The average Bonchev–Trinajstić information content (AvgIpc) is 2.68. The van der Waals surface area contributed by atoms with Crippen LogP contribution in [-0.4, -0.2) is 68.8 Å². The predicted molar refractivity (Wildman–Crippen MR) is 70.6 cm³/mol. The van der Waals surface area contributed by atoms with E-state index >= 15 is 0 Å². The molecule has 0 radical (unpaired) electrons. The molecule has 2 aliphatic rings. The normalized spacial score (nSPS) is 26.1. The molecule has 0 aliphatic carbocycles. The van der Waals surface area contributed by atoms with Crippen LogP contribution in [-0.2, 0) is 4.74 Å². The van der Waals surface area contributed by atoms with Gasteiger partial charge in [0, 0.05) is 33.4 Å². The summed E-state index contributed by atoms with van der Waals surface area (Å²) in [5.74, 6) is 0.613. The number of rotatable bonds is 5. The van der Waals surface area contributed by atoms with Crippen molar-refractivity contribution in [1.29, 1.82) is 0 Å². The van der Waals surface area contributed by atoms with Crippen molar-refractivity contribution in [2.45, 2.75) is 25.3 Å². The first-order valence-electron chi connectivity index (χ1n) is 6.98. The fraction of sp³-hybridized carbons (Fsp3) is 0.923. The van der Waals surface area contributed by atoms with Gasteiger partial charge in [0.25, 0.3) is 0 Å². The summed E-state index contributed by atoms with van der Waals surface area (Å²) in [6.45, 7) is 4.43. The van der Waals surface area contributed by atoms with E-state index in [-0.39, 0.29) is 6.03 Å². The first-order valence-corrected chi connectivity index (χ1v) is 6.98. The summed E-state index contributed by atoms with van der Waals surface area (Å²) in [5.41, 5.74) is 0. The maximum absolute atomic E-state index is 12.2. The monoisotopic (exact) mass is 255 g/mol. The second-order valence-electron chi connectivity index (χ2n) is 5.31. The molecule has 0 aromatic rings. The van der Waals surface area contributed by atoms with Gasteiger partial charge in [-0.15, -0.1) is 0 Å². The van der Waals surface area contributed by atoms with Gasteiger partial charge in [-0.3, -0.25) is 0 Å². The Kier molecular flexibility index (Phi) is 4.83. The van der Waals surface area contributed by atoms with Crippen LogP contribution in [0.1, 0.15) is 19.3 Å². The highest BCUT2D eigenvalue weighted by atomic mass is 16.5. The first kappa shape index (κ1) is 13.6. The number of hydrogen-bond acceptors (Lipinski definition) is 3. The molecule has 5 heteroatoms. The second kappa shape index (κ2) is 6.38. The van der Waals surface area contributed by atoms with Gasteiger partial charge < -0.3 is 19.9 Å². The Morgan fingerprint density at radius 2 is 2.11 bits per heavy atom. The van der Waals surface area contributed by atoms with E-state index in [1.54, 1.807) is 0 Å². The zero-order valence-corrected chi connectivity index (χ0v) is 11.5. The number of amides is 2. The number of nitrogens with zero attached hydrogens (tertiary/aromatic N) is 2. The minimum absolute atomic E-state index is 0.197. The van der Waals surface area contributed by atoms with E-state index in [1.165, 1.54) is 0 Å². The molecule has 2 fully saturated rings. The molecule has 0 bridgehead atoms. The van der Waals surface area contributed by atoms with E-state index in [2.05, 4.69) is 5.32 Å². The molecule has 2 heterocycles. The van der Waals surface area contributed by atoms with Crippen LogP contribution < -0.4 is 5.32 Å². The van der Waals surface area contributed by atoms with Crippen molar-refractivity contribution >= 4 is 6.03 Å². The summed E-state index contributed by atoms with van der Waals surface area (Å²) in [7, 11) is 3.89. The maximum Gasteiger partial charge on any atom is 0.320 e. The van der Waals surface area contributed by atoms with Crippen molar-refractivity contribution in [2.24, 2.45) is 5.92 Å². The Bertz CT molecular complexity index is 279. The summed E-state index contributed by atoms with van der Waals surface area (Å²) in [6, 6.07) is 0.582. The Morgan fingerprint density at radius 3 is 2.78 bits per heavy atom. The molecule has 2 amide bonds. The molecule has 5 nitrogen and oxygen atoms in total. The molecule has 18 heavy (non-hydrogen) atoms. The van der Waals surface area contributed by atoms with Crippen molar-refractivity contribution in [3.8, 4) is 0 Å². The lowest BCUT2D eigenvalue weighted by Gasteiger charge is -2.30. The van der Waals surface area contributed by atoms with Crippen molar-refractivity contribution in [2.75, 3.05) is 46.9 Å². The fourth-order valence-corrected chi connectivity index (χ4v) is 2.99. The van der Waals surface area contributed by atoms with Crippen molar-refractivity contribution in [1.82, 2.24) is 15.1 Å². The molecule has 2 rings (SSSR count). The summed E-state index contributed by atoms with van der Waals surface area (Å²) >= 11 is 0. The highest BCUT2D eigenvalue weighted by Crippen LogP contribution is 2.27. The van der Waals surface area contributed by atoms with E-state index in [0.717, 1.165) is 52.1 Å². The lowest BCUT2D eigenvalue weighted by atomic mass is 9.91. The van der Waals surface area contributed by atoms with Gasteiger partial charge in [0.1, 0.15) is 0 Å². The van der Waals surface area contributed by atoms with E-state index in [1.807, 2.05) is 23.9 Å². The van der Waals surface area contributed by atoms with E-state index in [9.17, 15) is 4.79 Å². The van der Waals surface area contributed by atoms with Gasteiger partial charge in [0.15, 0.2) is 0 Å². The summed E-state index contributed by atoms with van der Waals surface area (Å²) in [5, 5.41) is 3.12. The molecule has 0 aromatic carbocycles. The molecule has 1 N–H and O–H groups in total. The van der Waals surface area contributed by atoms with Crippen LogP contribution in [0.5, 0.6) is 0 Å². The smallest absolute Gasteiger partial charge is 0.320 e. The Labute approximate surface area is 109 Å². The highest BCUT2D eigenvalue weighted by molar-refractivity contribution is 5.76. The molecular formula is C13H25N3O2. The molecule has 104 valence electrons. The van der Waals surface area contributed by atoms with Gasteiger partial charge in [-0.05, 0) is 38.8 Å². The number of nitrogens with one attached hydrogen (secondary N) is 1. The van der Waals surface area contributed by atoms with Crippen molar-refractivity contribution in [3.63, 3.8) is 0 Å². The summed E-state index contributed by atoms with van der Waals surface area (Å²) in [4.78, 5) is 16.1. The van der Waals surface area contributed by atoms with E-state index in [0.29, 0.717) is 12.0 Å². The molecule has 0 spiro atoms. The van der Waals surface area contributed by atoms with Gasteiger partial charge >= 0.3 is 6.03 Å². The highest BCUT2D eigenvalue weighted by Gasteiger charge is 2.39. The van der Waals surface area contributed by atoms with E-state index in [4.69, 9.17) is 4.74 Å². The second-order valence-corrected chi connectivity index (χ2v) is 5.31. The molecule has 2 saturated heterocycles. The zero-order chi connectivity index (χ0) is 13.0. The van der Waals surface area contributed by atoms with Gasteiger partial charge in [-0.2, -0.15) is 0 Å². The summed E-state index contributed by atoms with van der Waals surface area (Å²) < 4.78 is 5.40. The third-order valence-corrected chi connectivity index (χ3v) is 4.14. The Hall–Kier alpha value is -0.810. The zero-order valence-electron chi connectivity index (χ0n) is 11.5. The molecule has 0 saturated carbocycles. The fourth-order valence-electron chi connectivity index (χ4n) is 2.99. The van der Waals surface area contributed by atoms with Crippen LogP contribution in [0, 0.1) is 5.92 Å². The van der Waals surface area contributed by atoms with Crippen molar-refractivity contribution in [3.05, 3.63) is 0 Å². The maximum atomic E-state index is 12.2. The Morgan fingerprint density at radius 1 is 1.39 bits per heavy atom. The van der Waals surface area contributed by atoms with Gasteiger partial charge in [-0.1, -0.05) is 0 Å². The largest absolute Gasteiger partial charge is 0.381 e. The number of carbonyl (C=O) groups is 1. The first-order chi connectivity index (χ1) is 8.74. The third kappa shape index (κ3) is 2.95. The quantitative estimate of drug-likeness (QED) is 0.738. The minimum atomic E-state index is 0.197. The number of ether oxygens (including phenoxy) is 1. The Balaban J connectivity index is 1.87. The van der Waals surface area contributed by atoms with Crippen LogP contribution >= 0.6 is 0 Å². The van der Waals surface area contributed by atoms with Crippen LogP contribution in [0.25, 0.3) is 0 Å². The lowest BCUT2D eigenvalue weighted by molar-refractivity contribution is 0.0452. The van der Waals surface area contributed by atoms with E-state index < -0.39 is 0 Å². The molecular weight excluding hydrogens is 230 g/mol. The van der Waals surface area contributed by atoms with Gasteiger partial charge in [0.2, 0.25) is 0 Å². The lowest BCUT2D eigenvalue weighted by Crippen LogP contribution is -2.38. The molecule has 1 atom stereocenters. The molecule has 1 unspecified atom stereocenters. The number of carbonyl (C=O) groups excluding carboxylic acids is 1. The summed E-state index contributed by atoms with van der Waals surface area (Å²) in [6.07, 6.45) is 3.20. The molecule has 0 aromatic heterocycles. The van der Waals surface area contributed by atoms with Crippen LogP contribution in [0.4, 0.5) is 4.79 Å². The van der Waals surface area contributed by atoms with Gasteiger partial charge in [0.05, 0.1) is 6.04 Å². The van der Waals surface area contributed by atoms with Crippen LogP contribution in [0.15, 0.2) is 0 Å². The van der Waals surface area contributed by atoms with Gasteiger partial charge in [-0.25, -0.2) is 4.79 Å². The predicted octanol–water partition coefficient (Wildman–Crippen LogP) is 0.759. The van der Waals surface area contributed by atoms with Crippen LogP contribution in [0.3, 0.4) is 0 Å². The third-order valence-electron chi connectivity index (χ3n) is 4.14. The SMILES string of the molecule is CNCCCN1CC(C2CCOCC2)N(C)C1=O. The van der Waals surface area contributed by atoms with Crippen LogP contribution in [0.2, 0.25) is 0 Å². The molecule has 2 aliphatic heterocycles. The number of urea groups is 1. The standard InChI is InChI=1S/C13H25N3O2/c1-14-6-3-7-16-10-12(15(2)13(16)17)11-4-8-18-9-5-11/h11-12,14H,3-10H2,1-2H3.